The Hall–Kier alpha value is -1.59. The van der Waals surface area contributed by atoms with E-state index in [0.29, 0.717) is 19.3 Å². The maximum absolute atomic E-state index is 11.2. The van der Waals surface area contributed by atoms with E-state index in [1.165, 1.54) is 0 Å². The van der Waals surface area contributed by atoms with Crippen LogP contribution in [0.25, 0.3) is 0 Å². The molecule has 0 aliphatic carbocycles. The quantitative estimate of drug-likeness (QED) is 0.339. The first kappa shape index (κ1) is 22.4. The van der Waals surface area contributed by atoms with Crippen LogP contribution in [0.2, 0.25) is 0 Å². The van der Waals surface area contributed by atoms with Crippen LogP contribution in [0.4, 0.5) is 0 Å². The molecule has 1 unspecified atom stereocenters. The molecule has 0 heterocycles. The van der Waals surface area contributed by atoms with Gasteiger partial charge in [-0.25, -0.2) is 0 Å². The standard InChI is InChI=1S/C18H32O6/c19-16(20)13-9-5-3-1-2-4-7-11-15(18(23)24)12-8-6-10-14-17(21)22/h15H,1-14H2,(H,19,20)(H,21,22)(H,23,24). The summed E-state index contributed by atoms with van der Waals surface area (Å²) in [4.78, 5) is 32.0. The molecule has 6 heteroatoms. The van der Waals surface area contributed by atoms with E-state index in [4.69, 9.17) is 10.2 Å². The summed E-state index contributed by atoms with van der Waals surface area (Å²) in [6.45, 7) is 0. The van der Waals surface area contributed by atoms with Gasteiger partial charge in [-0.15, -0.1) is 0 Å². The lowest BCUT2D eigenvalue weighted by atomic mass is 9.94. The monoisotopic (exact) mass is 344 g/mol. The third-order valence-electron chi connectivity index (χ3n) is 4.24. The summed E-state index contributed by atoms with van der Waals surface area (Å²) >= 11 is 0. The topological polar surface area (TPSA) is 112 Å². The summed E-state index contributed by atoms with van der Waals surface area (Å²) in [5, 5.41) is 26.3. The molecule has 0 aliphatic rings. The Balaban J connectivity index is 3.55. The molecule has 0 radical (unpaired) electrons. The Kier molecular flexibility index (Phi) is 14.0. The molecule has 0 saturated carbocycles. The van der Waals surface area contributed by atoms with Crippen LogP contribution in [-0.4, -0.2) is 33.2 Å². The Bertz CT molecular complexity index is 367. The number of carboxylic acid groups (broad SMARTS) is 3. The number of unbranched alkanes of at least 4 members (excludes halogenated alkanes) is 8. The summed E-state index contributed by atoms with van der Waals surface area (Å²) in [5.41, 5.74) is 0. The van der Waals surface area contributed by atoms with Crippen LogP contribution in [0.15, 0.2) is 0 Å². The summed E-state index contributed by atoms with van der Waals surface area (Å²) < 4.78 is 0. The maximum Gasteiger partial charge on any atom is 0.306 e. The van der Waals surface area contributed by atoms with Crippen molar-refractivity contribution < 1.29 is 29.7 Å². The lowest BCUT2D eigenvalue weighted by Crippen LogP contribution is -2.13. The number of hydrogen-bond acceptors (Lipinski definition) is 3. The molecule has 0 spiro atoms. The summed E-state index contributed by atoms with van der Waals surface area (Å²) in [6, 6.07) is 0. The van der Waals surface area contributed by atoms with Gasteiger partial charge in [0, 0.05) is 12.8 Å². The first-order chi connectivity index (χ1) is 11.4. The van der Waals surface area contributed by atoms with Crippen molar-refractivity contribution in [2.75, 3.05) is 0 Å². The van der Waals surface area contributed by atoms with E-state index in [2.05, 4.69) is 0 Å². The predicted octanol–water partition coefficient (Wildman–Crippen LogP) is 4.32. The van der Waals surface area contributed by atoms with Gasteiger partial charge in [0.05, 0.1) is 5.92 Å². The van der Waals surface area contributed by atoms with Crippen LogP contribution in [0.1, 0.15) is 89.9 Å². The lowest BCUT2D eigenvalue weighted by molar-refractivity contribution is -0.142. The fraction of sp³-hybridized carbons (Fsp3) is 0.833. The Morgan fingerprint density at radius 3 is 1.25 bits per heavy atom. The lowest BCUT2D eigenvalue weighted by Gasteiger charge is -2.12. The van der Waals surface area contributed by atoms with Crippen molar-refractivity contribution in [1.29, 1.82) is 0 Å². The predicted molar refractivity (Wildman–Crippen MR) is 91.0 cm³/mol. The van der Waals surface area contributed by atoms with Crippen LogP contribution in [0.3, 0.4) is 0 Å². The Morgan fingerprint density at radius 1 is 0.542 bits per heavy atom. The SMILES string of the molecule is O=C(O)CCCCCCCCCC(CCCCCC(=O)O)C(=O)O. The first-order valence-electron chi connectivity index (χ1n) is 9.10. The maximum atomic E-state index is 11.2. The molecule has 1 atom stereocenters. The van der Waals surface area contributed by atoms with Gasteiger partial charge in [0.2, 0.25) is 0 Å². The van der Waals surface area contributed by atoms with Crippen LogP contribution in [-0.2, 0) is 14.4 Å². The van der Waals surface area contributed by atoms with E-state index < -0.39 is 17.9 Å². The highest BCUT2D eigenvalue weighted by Gasteiger charge is 2.16. The number of carbonyl (C=O) groups is 3. The first-order valence-corrected chi connectivity index (χ1v) is 9.10. The molecule has 0 bridgehead atoms. The molecule has 0 rings (SSSR count). The normalized spacial score (nSPS) is 12.0. The molecule has 0 aromatic heterocycles. The van der Waals surface area contributed by atoms with Crippen LogP contribution < -0.4 is 0 Å². The highest BCUT2D eigenvalue weighted by molar-refractivity contribution is 5.69. The van der Waals surface area contributed by atoms with Crippen molar-refractivity contribution >= 4 is 17.9 Å². The smallest absolute Gasteiger partial charge is 0.306 e. The zero-order valence-electron chi connectivity index (χ0n) is 14.5. The average molecular weight is 344 g/mol. The van der Waals surface area contributed by atoms with E-state index in [-0.39, 0.29) is 18.8 Å². The Labute approximate surface area is 144 Å². The molecule has 0 aromatic carbocycles. The number of aliphatic carboxylic acids is 3. The fourth-order valence-corrected chi connectivity index (χ4v) is 2.79. The summed E-state index contributed by atoms with van der Waals surface area (Å²) in [6.07, 6.45) is 10.7. The third-order valence-corrected chi connectivity index (χ3v) is 4.24. The zero-order valence-corrected chi connectivity index (χ0v) is 14.5. The van der Waals surface area contributed by atoms with Gasteiger partial charge in [-0.3, -0.25) is 14.4 Å². The zero-order chi connectivity index (χ0) is 18.2. The van der Waals surface area contributed by atoms with Gasteiger partial charge >= 0.3 is 17.9 Å². The second-order valence-electron chi connectivity index (χ2n) is 6.44. The number of rotatable bonds is 17. The van der Waals surface area contributed by atoms with E-state index in [9.17, 15) is 19.5 Å². The van der Waals surface area contributed by atoms with Crippen LogP contribution >= 0.6 is 0 Å². The van der Waals surface area contributed by atoms with Crippen molar-refractivity contribution in [2.45, 2.75) is 89.9 Å². The molecule has 6 nitrogen and oxygen atoms in total. The highest BCUT2D eigenvalue weighted by atomic mass is 16.4. The molecule has 24 heavy (non-hydrogen) atoms. The Morgan fingerprint density at radius 2 is 0.875 bits per heavy atom. The third kappa shape index (κ3) is 15.3. The molecule has 3 N–H and O–H groups in total. The van der Waals surface area contributed by atoms with Crippen molar-refractivity contribution in [3.8, 4) is 0 Å². The van der Waals surface area contributed by atoms with Gasteiger partial charge in [0.1, 0.15) is 0 Å². The minimum atomic E-state index is -0.798. The minimum Gasteiger partial charge on any atom is -0.481 e. The fourth-order valence-electron chi connectivity index (χ4n) is 2.79. The molecule has 0 saturated heterocycles. The van der Waals surface area contributed by atoms with E-state index >= 15 is 0 Å². The molecule has 0 amide bonds. The highest BCUT2D eigenvalue weighted by Crippen LogP contribution is 2.19. The molecular formula is C18H32O6. The van der Waals surface area contributed by atoms with Crippen molar-refractivity contribution in [3.63, 3.8) is 0 Å². The second kappa shape index (κ2) is 15.0. The van der Waals surface area contributed by atoms with E-state index in [0.717, 1.165) is 57.8 Å². The largest absolute Gasteiger partial charge is 0.481 e. The summed E-state index contributed by atoms with van der Waals surface area (Å²) in [5.74, 6) is -2.60. The number of carboxylic acids is 3. The van der Waals surface area contributed by atoms with Crippen LogP contribution in [0.5, 0.6) is 0 Å². The number of hydrogen-bond donors (Lipinski definition) is 3. The minimum absolute atomic E-state index is 0.157. The molecular weight excluding hydrogens is 312 g/mol. The van der Waals surface area contributed by atoms with Crippen molar-refractivity contribution in [3.05, 3.63) is 0 Å². The van der Waals surface area contributed by atoms with E-state index in [1.807, 2.05) is 0 Å². The van der Waals surface area contributed by atoms with Gasteiger partial charge in [-0.1, -0.05) is 51.4 Å². The summed E-state index contributed by atoms with van der Waals surface area (Å²) in [7, 11) is 0. The molecule has 0 fully saturated rings. The average Bonchev–Trinajstić information content (AvgIpc) is 2.49. The van der Waals surface area contributed by atoms with E-state index in [1.54, 1.807) is 0 Å². The molecule has 140 valence electrons. The van der Waals surface area contributed by atoms with Crippen LogP contribution in [0, 0.1) is 5.92 Å². The van der Waals surface area contributed by atoms with Gasteiger partial charge < -0.3 is 15.3 Å². The molecule has 0 aromatic rings. The van der Waals surface area contributed by atoms with Crippen molar-refractivity contribution in [2.24, 2.45) is 5.92 Å². The van der Waals surface area contributed by atoms with Gasteiger partial charge in [0.25, 0.3) is 0 Å². The van der Waals surface area contributed by atoms with Gasteiger partial charge in [0.15, 0.2) is 0 Å². The second-order valence-corrected chi connectivity index (χ2v) is 6.44. The van der Waals surface area contributed by atoms with Gasteiger partial charge in [-0.05, 0) is 25.7 Å². The van der Waals surface area contributed by atoms with Crippen molar-refractivity contribution in [1.82, 2.24) is 0 Å². The van der Waals surface area contributed by atoms with Gasteiger partial charge in [-0.2, -0.15) is 0 Å². The molecule has 0 aliphatic heterocycles.